The maximum atomic E-state index is 12.8. The van der Waals surface area contributed by atoms with Crippen LogP contribution in [-0.4, -0.2) is 75.0 Å². The van der Waals surface area contributed by atoms with Gasteiger partial charge < -0.3 is 25.7 Å². The van der Waals surface area contributed by atoms with E-state index in [2.05, 4.69) is 48.7 Å². The number of hydrogen-bond donors (Lipinski definition) is 4. The van der Waals surface area contributed by atoms with Gasteiger partial charge in [0.1, 0.15) is 5.82 Å². The fourth-order valence-electron chi connectivity index (χ4n) is 3.94. The molecule has 188 valence electrons. The van der Waals surface area contributed by atoms with Crippen LogP contribution in [-0.2, 0) is 12.8 Å². The summed E-state index contributed by atoms with van der Waals surface area (Å²) in [6.45, 7) is 2.30. The SMILES string of the molecule is OC(O)[C@H](CCN(CCCCc1ccc2c(n1)NCCC2)CCC(F)F)Nc1ncc(Br)cn1. The number of halogens is 3. The molecule has 0 aliphatic carbocycles. The Labute approximate surface area is 207 Å². The number of aryl methyl sites for hydroxylation is 2. The highest BCUT2D eigenvalue weighted by Crippen LogP contribution is 2.20. The molecule has 1 aliphatic heterocycles. The number of rotatable bonds is 14. The van der Waals surface area contributed by atoms with Crippen LogP contribution < -0.4 is 10.6 Å². The maximum Gasteiger partial charge on any atom is 0.239 e. The van der Waals surface area contributed by atoms with E-state index in [-0.39, 0.29) is 18.9 Å². The van der Waals surface area contributed by atoms with Crippen molar-refractivity contribution in [2.24, 2.45) is 0 Å². The highest BCUT2D eigenvalue weighted by molar-refractivity contribution is 9.10. The first-order valence-corrected chi connectivity index (χ1v) is 12.5. The standard InChI is InChI=1S/C23H33BrF2N6O2/c24-17-14-28-23(29-15-17)31-19(22(33)34)8-12-32(13-9-20(25)26)11-2-1-5-18-7-6-16-4-3-10-27-21(16)30-18/h6-7,14-15,19-20,22,33-34H,1-5,8-13H2,(H,27,30)(H,28,29,31)/t19-/m0/s1. The van der Waals surface area contributed by atoms with E-state index in [4.69, 9.17) is 4.98 Å². The maximum absolute atomic E-state index is 12.8. The molecule has 8 nitrogen and oxygen atoms in total. The van der Waals surface area contributed by atoms with Crippen LogP contribution in [0.25, 0.3) is 0 Å². The van der Waals surface area contributed by atoms with Gasteiger partial charge in [-0.2, -0.15) is 0 Å². The van der Waals surface area contributed by atoms with E-state index in [1.54, 1.807) is 12.4 Å². The van der Waals surface area contributed by atoms with Crippen LogP contribution in [0.2, 0.25) is 0 Å². The van der Waals surface area contributed by atoms with Crippen LogP contribution in [0.5, 0.6) is 0 Å². The van der Waals surface area contributed by atoms with E-state index < -0.39 is 18.8 Å². The molecule has 0 spiro atoms. The lowest BCUT2D eigenvalue weighted by Crippen LogP contribution is -2.38. The number of aliphatic hydroxyl groups is 2. The Morgan fingerprint density at radius 2 is 1.85 bits per heavy atom. The fourth-order valence-corrected chi connectivity index (χ4v) is 4.14. The Morgan fingerprint density at radius 1 is 1.09 bits per heavy atom. The number of nitrogens with zero attached hydrogens (tertiary/aromatic N) is 4. The molecule has 3 heterocycles. The molecule has 2 aromatic rings. The summed E-state index contributed by atoms with van der Waals surface area (Å²) in [5, 5.41) is 25.8. The number of pyridine rings is 1. The van der Waals surface area contributed by atoms with Gasteiger partial charge in [-0.1, -0.05) is 6.07 Å². The van der Waals surface area contributed by atoms with Crippen molar-refractivity contribution in [1.29, 1.82) is 0 Å². The van der Waals surface area contributed by atoms with Crippen LogP contribution in [0, 0.1) is 0 Å². The number of unbranched alkanes of at least 4 members (excludes halogenated alkanes) is 1. The van der Waals surface area contributed by atoms with Gasteiger partial charge >= 0.3 is 0 Å². The van der Waals surface area contributed by atoms with Crippen molar-refractivity contribution in [1.82, 2.24) is 19.9 Å². The van der Waals surface area contributed by atoms with Gasteiger partial charge in [0.15, 0.2) is 6.29 Å². The van der Waals surface area contributed by atoms with Crippen LogP contribution in [0.3, 0.4) is 0 Å². The molecule has 0 amide bonds. The van der Waals surface area contributed by atoms with E-state index in [1.165, 1.54) is 5.56 Å². The lowest BCUT2D eigenvalue weighted by Gasteiger charge is -2.26. The lowest BCUT2D eigenvalue weighted by atomic mass is 10.1. The topological polar surface area (TPSA) is 106 Å². The summed E-state index contributed by atoms with van der Waals surface area (Å²) in [4.78, 5) is 14.8. The largest absolute Gasteiger partial charge is 0.370 e. The van der Waals surface area contributed by atoms with Crippen molar-refractivity contribution in [3.63, 3.8) is 0 Å². The zero-order valence-electron chi connectivity index (χ0n) is 19.1. The summed E-state index contributed by atoms with van der Waals surface area (Å²) >= 11 is 3.25. The first-order chi connectivity index (χ1) is 16.4. The molecule has 0 radical (unpaired) electrons. The molecule has 3 rings (SSSR count). The first-order valence-electron chi connectivity index (χ1n) is 11.7. The van der Waals surface area contributed by atoms with Crippen LogP contribution in [0.4, 0.5) is 20.5 Å². The van der Waals surface area contributed by atoms with Crippen molar-refractivity contribution < 1.29 is 19.0 Å². The summed E-state index contributed by atoms with van der Waals surface area (Å²) in [5.41, 5.74) is 2.30. The average molecular weight is 543 g/mol. The molecule has 0 aromatic carbocycles. The molecule has 34 heavy (non-hydrogen) atoms. The molecule has 1 atom stereocenters. The minimum absolute atomic E-state index is 0.215. The number of aromatic nitrogens is 3. The molecule has 0 bridgehead atoms. The Bertz CT molecular complexity index is 875. The van der Waals surface area contributed by atoms with E-state index in [1.807, 2.05) is 4.90 Å². The molecule has 0 fully saturated rings. The summed E-state index contributed by atoms with van der Waals surface area (Å²) in [7, 11) is 0. The normalized spacial score (nSPS) is 14.4. The smallest absolute Gasteiger partial charge is 0.239 e. The van der Waals surface area contributed by atoms with Gasteiger partial charge in [0.05, 0.1) is 10.5 Å². The minimum atomic E-state index is -2.37. The molecule has 0 unspecified atom stereocenters. The van der Waals surface area contributed by atoms with E-state index in [9.17, 15) is 19.0 Å². The number of anilines is 2. The Hall–Kier alpha value is -1.95. The predicted molar refractivity (Wildman–Crippen MR) is 131 cm³/mol. The minimum Gasteiger partial charge on any atom is -0.370 e. The van der Waals surface area contributed by atoms with Gasteiger partial charge in [0, 0.05) is 44.1 Å². The van der Waals surface area contributed by atoms with Crippen LogP contribution in [0.1, 0.15) is 43.4 Å². The average Bonchev–Trinajstić information content (AvgIpc) is 2.82. The van der Waals surface area contributed by atoms with Gasteiger partial charge in [0.2, 0.25) is 12.4 Å². The van der Waals surface area contributed by atoms with Crippen molar-refractivity contribution >= 4 is 27.7 Å². The second-order valence-corrected chi connectivity index (χ2v) is 9.41. The van der Waals surface area contributed by atoms with Crippen molar-refractivity contribution in [3.05, 3.63) is 40.3 Å². The zero-order chi connectivity index (χ0) is 24.3. The molecule has 4 N–H and O–H groups in total. The third-order valence-electron chi connectivity index (χ3n) is 5.82. The third-order valence-corrected chi connectivity index (χ3v) is 6.23. The van der Waals surface area contributed by atoms with Gasteiger partial charge in [-0.25, -0.2) is 23.7 Å². The number of alkyl halides is 2. The fraction of sp³-hybridized carbons (Fsp3) is 0.609. The molecule has 0 saturated carbocycles. The number of fused-ring (bicyclic) bond motifs is 1. The second-order valence-electron chi connectivity index (χ2n) is 8.50. The summed E-state index contributed by atoms with van der Waals surface area (Å²) in [5.74, 6) is 1.26. The van der Waals surface area contributed by atoms with Crippen molar-refractivity contribution in [3.8, 4) is 0 Å². The van der Waals surface area contributed by atoms with Crippen molar-refractivity contribution in [2.75, 3.05) is 36.8 Å². The summed E-state index contributed by atoms with van der Waals surface area (Å²) in [6, 6.07) is 3.49. The zero-order valence-corrected chi connectivity index (χ0v) is 20.7. The Morgan fingerprint density at radius 3 is 2.59 bits per heavy atom. The van der Waals surface area contributed by atoms with Crippen molar-refractivity contribution in [2.45, 2.75) is 63.7 Å². The first kappa shape index (κ1) is 26.7. The summed E-state index contributed by atoms with van der Waals surface area (Å²) in [6.07, 6.45) is 3.99. The molecular formula is C23H33BrF2N6O2. The highest BCUT2D eigenvalue weighted by Gasteiger charge is 2.20. The molecular weight excluding hydrogens is 510 g/mol. The predicted octanol–water partition coefficient (Wildman–Crippen LogP) is 3.45. The van der Waals surface area contributed by atoms with Gasteiger partial charge in [-0.15, -0.1) is 0 Å². The highest BCUT2D eigenvalue weighted by atomic mass is 79.9. The van der Waals surface area contributed by atoms with E-state index in [0.29, 0.717) is 24.0 Å². The van der Waals surface area contributed by atoms with Gasteiger partial charge in [0.25, 0.3) is 0 Å². The van der Waals surface area contributed by atoms with Crippen LogP contribution >= 0.6 is 15.9 Å². The number of hydrogen-bond acceptors (Lipinski definition) is 8. The number of aliphatic hydroxyl groups excluding tert-OH is 1. The Kier molecular flexibility index (Phi) is 10.8. The molecule has 1 aliphatic rings. The monoisotopic (exact) mass is 542 g/mol. The second kappa shape index (κ2) is 13.8. The third kappa shape index (κ3) is 9.01. The van der Waals surface area contributed by atoms with Gasteiger partial charge in [-0.05, 0) is 72.6 Å². The summed E-state index contributed by atoms with van der Waals surface area (Å²) < 4.78 is 26.4. The van der Waals surface area contributed by atoms with Gasteiger partial charge in [-0.3, -0.25) is 0 Å². The molecule has 0 saturated heterocycles. The van der Waals surface area contributed by atoms with E-state index in [0.717, 1.165) is 50.2 Å². The quantitative estimate of drug-likeness (QED) is 0.212. The molecule has 2 aromatic heterocycles. The lowest BCUT2D eigenvalue weighted by molar-refractivity contribution is -0.0562. The Balaban J connectivity index is 1.47. The number of nitrogens with one attached hydrogen (secondary N) is 2. The van der Waals surface area contributed by atoms with Crippen LogP contribution in [0.15, 0.2) is 29.0 Å². The molecule has 11 heteroatoms. The van der Waals surface area contributed by atoms with E-state index >= 15 is 0 Å².